The Hall–Kier alpha value is -2.19. The molecule has 0 radical (unpaired) electrons. The lowest BCUT2D eigenvalue weighted by molar-refractivity contribution is -0.148. The van der Waals surface area contributed by atoms with Gasteiger partial charge in [-0.2, -0.15) is 5.21 Å². The number of urea groups is 1. The lowest BCUT2D eigenvalue weighted by Crippen LogP contribution is -2.58. The van der Waals surface area contributed by atoms with Gasteiger partial charge in [0, 0.05) is 6.54 Å². The van der Waals surface area contributed by atoms with E-state index < -0.39 is 23.5 Å². The number of hydrogen-bond acceptors (Lipinski definition) is 5. The molecule has 0 aromatic carbocycles. The minimum Gasteiger partial charge on any atom is -0.480 e. The van der Waals surface area contributed by atoms with E-state index in [1.165, 1.54) is 4.90 Å². The third-order valence-electron chi connectivity index (χ3n) is 3.55. The average Bonchev–Trinajstić information content (AvgIpc) is 2.86. The fraction of sp³-hybridized carbons (Fsp3) is 0.727. The standard InChI is InChI=1S/C11H18N6O3/c1-11(2)4-3-5-17(8(11)9(18)19)10(20)12-6-7-13-15-16-14-7/h8H,3-6H2,1-2H3,(H,12,20)(H,18,19)(H,13,14,15,16). The molecule has 2 heterocycles. The Kier molecular flexibility index (Phi) is 3.86. The molecule has 1 atom stereocenters. The number of H-pyrrole nitrogens is 1. The van der Waals surface area contributed by atoms with Crippen LogP contribution in [0.2, 0.25) is 0 Å². The first-order valence-corrected chi connectivity index (χ1v) is 6.41. The molecular weight excluding hydrogens is 264 g/mol. The number of hydrogen-bond donors (Lipinski definition) is 3. The molecule has 0 aliphatic carbocycles. The Morgan fingerprint density at radius 3 is 2.90 bits per heavy atom. The van der Waals surface area contributed by atoms with Crippen molar-refractivity contribution in [1.82, 2.24) is 30.8 Å². The van der Waals surface area contributed by atoms with Gasteiger partial charge in [-0.15, -0.1) is 10.2 Å². The Morgan fingerprint density at radius 1 is 1.55 bits per heavy atom. The van der Waals surface area contributed by atoms with E-state index in [-0.39, 0.29) is 6.54 Å². The van der Waals surface area contributed by atoms with Gasteiger partial charge in [0.25, 0.3) is 0 Å². The first-order chi connectivity index (χ1) is 9.42. The van der Waals surface area contributed by atoms with Crippen molar-refractivity contribution >= 4 is 12.0 Å². The van der Waals surface area contributed by atoms with E-state index in [0.29, 0.717) is 12.4 Å². The molecule has 1 saturated heterocycles. The van der Waals surface area contributed by atoms with Crippen LogP contribution in [0.4, 0.5) is 4.79 Å². The summed E-state index contributed by atoms with van der Waals surface area (Å²) < 4.78 is 0. The Bertz CT molecular complexity index is 486. The first-order valence-electron chi connectivity index (χ1n) is 6.41. The monoisotopic (exact) mass is 282 g/mol. The van der Waals surface area contributed by atoms with Gasteiger partial charge in [-0.25, -0.2) is 9.59 Å². The van der Waals surface area contributed by atoms with Gasteiger partial charge >= 0.3 is 12.0 Å². The molecule has 0 saturated carbocycles. The maximum absolute atomic E-state index is 12.2. The number of rotatable bonds is 3. The van der Waals surface area contributed by atoms with Gasteiger partial charge in [-0.1, -0.05) is 19.1 Å². The van der Waals surface area contributed by atoms with E-state index in [1.807, 2.05) is 13.8 Å². The molecule has 9 nitrogen and oxygen atoms in total. The number of carboxylic acid groups (broad SMARTS) is 1. The van der Waals surface area contributed by atoms with Crippen LogP contribution in [0.1, 0.15) is 32.5 Å². The highest BCUT2D eigenvalue weighted by Gasteiger charge is 2.44. The number of amides is 2. The molecule has 1 aromatic rings. The van der Waals surface area contributed by atoms with E-state index in [4.69, 9.17) is 0 Å². The summed E-state index contributed by atoms with van der Waals surface area (Å²) in [6.07, 6.45) is 1.56. The van der Waals surface area contributed by atoms with Gasteiger partial charge in [0.1, 0.15) is 6.04 Å². The number of tetrazole rings is 1. The highest BCUT2D eigenvalue weighted by atomic mass is 16.4. The topological polar surface area (TPSA) is 124 Å². The normalized spacial score (nSPS) is 21.5. The number of carbonyl (C=O) groups is 2. The Morgan fingerprint density at radius 2 is 2.30 bits per heavy atom. The molecule has 1 aliphatic rings. The van der Waals surface area contributed by atoms with Crippen molar-refractivity contribution in [3.63, 3.8) is 0 Å². The van der Waals surface area contributed by atoms with Crippen molar-refractivity contribution in [2.45, 2.75) is 39.3 Å². The molecule has 0 bridgehead atoms. The van der Waals surface area contributed by atoms with Crippen LogP contribution in [0.15, 0.2) is 0 Å². The Labute approximate surface area is 115 Å². The third-order valence-corrected chi connectivity index (χ3v) is 3.55. The van der Waals surface area contributed by atoms with Crippen LogP contribution < -0.4 is 5.32 Å². The number of nitrogens with zero attached hydrogens (tertiary/aromatic N) is 4. The molecule has 9 heteroatoms. The molecule has 20 heavy (non-hydrogen) atoms. The van der Waals surface area contributed by atoms with Gasteiger partial charge in [-0.05, 0) is 18.3 Å². The quantitative estimate of drug-likeness (QED) is 0.716. The zero-order valence-electron chi connectivity index (χ0n) is 11.5. The van der Waals surface area contributed by atoms with Crippen molar-refractivity contribution in [1.29, 1.82) is 0 Å². The van der Waals surface area contributed by atoms with Crippen molar-refractivity contribution in [3.8, 4) is 0 Å². The molecule has 1 fully saturated rings. The lowest BCUT2D eigenvalue weighted by atomic mass is 9.76. The summed E-state index contributed by atoms with van der Waals surface area (Å²) in [5.74, 6) is -0.633. The molecule has 110 valence electrons. The SMILES string of the molecule is CC1(C)CCCN(C(=O)NCc2nn[nH]n2)C1C(=O)O. The fourth-order valence-corrected chi connectivity index (χ4v) is 2.59. The predicted molar refractivity (Wildman–Crippen MR) is 67.6 cm³/mol. The van der Waals surface area contributed by atoms with Crippen molar-refractivity contribution in [3.05, 3.63) is 5.82 Å². The van der Waals surface area contributed by atoms with E-state index in [1.54, 1.807) is 0 Å². The zero-order chi connectivity index (χ0) is 14.8. The second-order valence-corrected chi connectivity index (χ2v) is 5.51. The van der Waals surface area contributed by atoms with E-state index in [0.717, 1.165) is 12.8 Å². The lowest BCUT2D eigenvalue weighted by Gasteiger charge is -2.43. The summed E-state index contributed by atoms with van der Waals surface area (Å²) in [7, 11) is 0. The van der Waals surface area contributed by atoms with Crippen LogP contribution in [0, 0.1) is 5.41 Å². The predicted octanol–water partition coefficient (Wildman–Crippen LogP) is -0.0155. The summed E-state index contributed by atoms with van der Waals surface area (Å²) in [6.45, 7) is 4.27. The molecule has 3 N–H and O–H groups in total. The van der Waals surface area contributed by atoms with Crippen LogP contribution in [-0.2, 0) is 11.3 Å². The molecule has 0 spiro atoms. The third kappa shape index (κ3) is 2.86. The molecule has 2 rings (SSSR count). The first kappa shape index (κ1) is 14.2. The number of carbonyl (C=O) groups excluding carboxylic acids is 1. The number of likely N-dealkylation sites (tertiary alicyclic amines) is 1. The summed E-state index contributed by atoms with van der Waals surface area (Å²) in [5.41, 5.74) is -0.451. The minimum atomic E-state index is -0.982. The van der Waals surface area contributed by atoms with Gasteiger partial charge in [0.15, 0.2) is 5.82 Å². The molecule has 1 unspecified atom stereocenters. The Balaban J connectivity index is 2.04. The average molecular weight is 282 g/mol. The second-order valence-electron chi connectivity index (χ2n) is 5.51. The molecule has 1 aliphatic heterocycles. The van der Waals surface area contributed by atoms with E-state index >= 15 is 0 Å². The van der Waals surface area contributed by atoms with E-state index in [9.17, 15) is 14.7 Å². The minimum absolute atomic E-state index is 0.110. The van der Waals surface area contributed by atoms with Gasteiger partial charge < -0.3 is 15.3 Å². The van der Waals surface area contributed by atoms with E-state index in [2.05, 4.69) is 25.9 Å². The van der Waals surface area contributed by atoms with Crippen LogP contribution in [-0.4, -0.2) is 55.2 Å². The number of aromatic amines is 1. The number of piperidine rings is 1. The van der Waals surface area contributed by atoms with Crippen LogP contribution in [0.25, 0.3) is 0 Å². The van der Waals surface area contributed by atoms with Crippen LogP contribution in [0.5, 0.6) is 0 Å². The second kappa shape index (κ2) is 5.43. The maximum Gasteiger partial charge on any atom is 0.327 e. The summed E-state index contributed by atoms with van der Waals surface area (Å²) >= 11 is 0. The van der Waals surface area contributed by atoms with Crippen LogP contribution in [0.3, 0.4) is 0 Å². The van der Waals surface area contributed by atoms with Gasteiger partial charge in [-0.3, -0.25) is 0 Å². The zero-order valence-corrected chi connectivity index (χ0v) is 11.5. The molecule has 2 amide bonds. The van der Waals surface area contributed by atoms with Crippen molar-refractivity contribution < 1.29 is 14.7 Å². The van der Waals surface area contributed by atoms with Crippen LogP contribution >= 0.6 is 0 Å². The fourth-order valence-electron chi connectivity index (χ4n) is 2.59. The number of aliphatic carboxylic acids is 1. The maximum atomic E-state index is 12.2. The molecular formula is C11H18N6O3. The smallest absolute Gasteiger partial charge is 0.327 e. The molecule has 1 aromatic heterocycles. The van der Waals surface area contributed by atoms with Gasteiger partial charge in [0.05, 0.1) is 6.54 Å². The number of carboxylic acids is 1. The summed E-state index contributed by atoms with van der Waals surface area (Å²) in [4.78, 5) is 25.0. The van der Waals surface area contributed by atoms with Crippen molar-refractivity contribution in [2.24, 2.45) is 5.41 Å². The largest absolute Gasteiger partial charge is 0.480 e. The van der Waals surface area contributed by atoms with Gasteiger partial charge in [0.2, 0.25) is 0 Å². The number of nitrogens with one attached hydrogen (secondary N) is 2. The van der Waals surface area contributed by atoms with Crippen molar-refractivity contribution in [2.75, 3.05) is 6.54 Å². The summed E-state index contributed by atoms with van der Waals surface area (Å²) in [6, 6.07) is -1.25. The highest BCUT2D eigenvalue weighted by Crippen LogP contribution is 2.35. The number of aromatic nitrogens is 4. The highest BCUT2D eigenvalue weighted by molar-refractivity contribution is 5.83. The summed E-state index contributed by atoms with van der Waals surface area (Å²) in [5, 5.41) is 25.1.